The second-order valence-electron chi connectivity index (χ2n) is 13.7. The van der Waals surface area contributed by atoms with Gasteiger partial charge in [-0.15, -0.1) is 0 Å². The molecule has 0 bridgehead atoms. The normalized spacial score (nSPS) is 17.5. The van der Waals surface area contributed by atoms with Crippen LogP contribution in [0, 0.1) is 6.92 Å². The first kappa shape index (κ1) is 37.1. The summed E-state index contributed by atoms with van der Waals surface area (Å²) in [4.78, 5) is 61.6. The molecule has 6 aromatic rings. The summed E-state index contributed by atoms with van der Waals surface area (Å²) in [5.41, 5.74) is 4.42. The number of rotatable bonds is 7. The van der Waals surface area contributed by atoms with Crippen molar-refractivity contribution in [2.45, 2.75) is 39.4 Å². The quantitative estimate of drug-likeness (QED) is 0.251. The van der Waals surface area contributed by atoms with Crippen molar-refractivity contribution in [3.8, 4) is 34.2 Å². The molecule has 17 nitrogen and oxygen atoms in total. The Morgan fingerprint density at radius 2 is 1.35 bits per heavy atom. The number of aromatic nitrogens is 10. The average molecular weight is 745 g/mol. The first-order chi connectivity index (χ1) is 26.6. The standard InChI is InChI=1S/C24H26N8O2.C14H18N6O/c1-16-13-31(14-18-4-6-19(7-5-18)23-27-17(2)34-29-23)10-11-32(16)24-28-21(12-22(33)30(24)3)20-8-9-25-15-26-20;1-10-8-15-5-6-20(10)14-18-12(7-13(21)19(14)2)11-3-4-16-9-17-11/h4-9,12,15-16H,10-11,13-14H2,1-3H3;3-4,7,9-10,15H,5-6,8H2,1-2H3/t16-;10-/m11/s1. The molecule has 17 heteroatoms. The molecule has 2 aliphatic rings. The van der Waals surface area contributed by atoms with E-state index in [-0.39, 0.29) is 23.2 Å². The summed E-state index contributed by atoms with van der Waals surface area (Å²) in [6.45, 7) is 12.0. The van der Waals surface area contributed by atoms with Crippen molar-refractivity contribution in [2.75, 3.05) is 49.1 Å². The van der Waals surface area contributed by atoms with E-state index in [0.29, 0.717) is 46.4 Å². The predicted molar refractivity (Wildman–Crippen MR) is 207 cm³/mol. The topological polar surface area (TPSA) is 182 Å². The Balaban J connectivity index is 0.000000190. The molecule has 7 heterocycles. The van der Waals surface area contributed by atoms with E-state index in [2.05, 4.69) is 81.1 Å². The van der Waals surface area contributed by atoms with Crippen molar-refractivity contribution in [1.82, 2.24) is 59.4 Å². The molecule has 2 saturated heterocycles. The van der Waals surface area contributed by atoms with Crippen LogP contribution in [-0.2, 0) is 20.6 Å². The molecule has 0 radical (unpaired) electrons. The Labute approximate surface area is 317 Å². The minimum atomic E-state index is -0.106. The van der Waals surface area contributed by atoms with Crippen LogP contribution in [0.4, 0.5) is 11.9 Å². The third-order valence-corrected chi connectivity index (χ3v) is 9.78. The second-order valence-corrected chi connectivity index (χ2v) is 13.7. The molecule has 2 fully saturated rings. The summed E-state index contributed by atoms with van der Waals surface area (Å²) in [6, 6.07) is 15.3. The number of nitrogens with one attached hydrogen (secondary N) is 1. The highest BCUT2D eigenvalue weighted by Crippen LogP contribution is 2.23. The molecule has 0 aliphatic carbocycles. The lowest BCUT2D eigenvalue weighted by atomic mass is 10.1. The second kappa shape index (κ2) is 16.4. The molecule has 0 spiro atoms. The summed E-state index contributed by atoms with van der Waals surface area (Å²) >= 11 is 0. The molecule has 55 heavy (non-hydrogen) atoms. The highest BCUT2D eigenvalue weighted by molar-refractivity contribution is 5.57. The average Bonchev–Trinajstić information content (AvgIpc) is 3.64. The maximum Gasteiger partial charge on any atom is 0.255 e. The first-order valence-electron chi connectivity index (χ1n) is 18.2. The lowest BCUT2D eigenvalue weighted by Gasteiger charge is -2.41. The van der Waals surface area contributed by atoms with Crippen molar-refractivity contribution in [2.24, 2.45) is 14.1 Å². The van der Waals surface area contributed by atoms with Crippen LogP contribution in [0.1, 0.15) is 25.3 Å². The van der Waals surface area contributed by atoms with Crippen molar-refractivity contribution in [3.63, 3.8) is 0 Å². The van der Waals surface area contributed by atoms with E-state index in [1.807, 2.05) is 12.1 Å². The van der Waals surface area contributed by atoms with Crippen molar-refractivity contribution >= 4 is 11.9 Å². The molecule has 5 aromatic heterocycles. The summed E-state index contributed by atoms with van der Waals surface area (Å²) in [6.07, 6.45) is 6.22. The molecule has 284 valence electrons. The van der Waals surface area contributed by atoms with Gasteiger partial charge in [0.2, 0.25) is 23.6 Å². The van der Waals surface area contributed by atoms with Crippen molar-refractivity contribution in [1.29, 1.82) is 0 Å². The van der Waals surface area contributed by atoms with Crippen LogP contribution in [-0.4, -0.2) is 105 Å². The first-order valence-corrected chi connectivity index (χ1v) is 18.2. The van der Waals surface area contributed by atoms with E-state index < -0.39 is 0 Å². The van der Waals surface area contributed by atoms with Gasteiger partial charge >= 0.3 is 0 Å². The fourth-order valence-electron chi connectivity index (χ4n) is 6.76. The van der Waals surface area contributed by atoms with Crippen LogP contribution in [0.5, 0.6) is 0 Å². The molecular weight excluding hydrogens is 701 g/mol. The number of benzene rings is 1. The van der Waals surface area contributed by atoms with Crippen LogP contribution in [0.2, 0.25) is 0 Å². The van der Waals surface area contributed by atoms with Gasteiger partial charge in [-0.25, -0.2) is 29.9 Å². The maximum atomic E-state index is 12.6. The minimum Gasteiger partial charge on any atom is -0.339 e. The van der Waals surface area contributed by atoms with Gasteiger partial charge in [-0.1, -0.05) is 29.4 Å². The molecular formula is C38H44N14O3. The van der Waals surface area contributed by atoms with E-state index in [4.69, 9.17) is 9.51 Å². The SMILES string of the molecule is C[C@@H]1CNCCN1c1nc(-c2ccncn2)cc(=O)n1C.Cc1nc(-c2ccc(CN3CCN(c4nc(-c5ccncn5)cc(=O)n4C)[C@H](C)C3)cc2)no1. The Kier molecular flexibility index (Phi) is 11.1. The Morgan fingerprint density at radius 1 is 0.745 bits per heavy atom. The molecule has 1 aromatic carbocycles. The molecule has 1 N–H and O–H groups in total. The van der Waals surface area contributed by atoms with E-state index in [1.165, 1.54) is 30.4 Å². The smallest absolute Gasteiger partial charge is 0.255 e. The van der Waals surface area contributed by atoms with Gasteiger partial charge in [0.15, 0.2) is 0 Å². The number of hydrogen-bond donors (Lipinski definition) is 1. The zero-order valence-electron chi connectivity index (χ0n) is 31.6. The molecule has 0 saturated carbocycles. The van der Waals surface area contributed by atoms with Crippen LogP contribution in [0.25, 0.3) is 34.2 Å². The summed E-state index contributed by atoms with van der Waals surface area (Å²) in [7, 11) is 3.52. The molecule has 2 aliphatic heterocycles. The van der Waals surface area contributed by atoms with Crippen LogP contribution in [0.3, 0.4) is 0 Å². The van der Waals surface area contributed by atoms with Crippen LogP contribution in [0.15, 0.2) is 87.7 Å². The number of nitrogens with zero attached hydrogens (tertiary/aromatic N) is 13. The summed E-state index contributed by atoms with van der Waals surface area (Å²) in [5, 5.41) is 7.32. The van der Waals surface area contributed by atoms with Gasteiger partial charge in [0.25, 0.3) is 11.1 Å². The third-order valence-electron chi connectivity index (χ3n) is 9.78. The fraction of sp³-hybridized carbons (Fsp3) is 0.368. The minimum absolute atomic E-state index is 0.0839. The zero-order valence-corrected chi connectivity index (χ0v) is 31.6. The van der Waals surface area contributed by atoms with Gasteiger partial charge in [-0.05, 0) is 31.5 Å². The highest BCUT2D eigenvalue weighted by atomic mass is 16.5. The van der Waals surface area contributed by atoms with Gasteiger partial charge in [0.05, 0.1) is 22.8 Å². The van der Waals surface area contributed by atoms with Gasteiger partial charge in [0.1, 0.15) is 12.7 Å². The van der Waals surface area contributed by atoms with Gasteiger partial charge < -0.3 is 19.6 Å². The maximum absolute atomic E-state index is 12.6. The van der Waals surface area contributed by atoms with E-state index in [1.54, 1.807) is 54.7 Å². The van der Waals surface area contributed by atoms with Gasteiger partial charge in [-0.3, -0.25) is 23.6 Å². The van der Waals surface area contributed by atoms with Gasteiger partial charge in [0, 0.05) is 109 Å². The number of aryl methyl sites for hydroxylation is 1. The monoisotopic (exact) mass is 744 g/mol. The Bertz CT molecular complexity index is 2330. The summed E-state index contributed by atoms with van der Waals surface area (Å²) in [5.74, 6) is 2.51. The zero-order chi connectivity index (χ0) is 38.5. The Hall–Kier alpha value is -6.20. The number of piperazine rings is 2. The number of hydrogen-bond acceptors (Lipinski definition) is 15. The van der Waals surface area contributed by atoms with Gasteiger partial charge in [-0.2, -0.15) is 4.98 Å². The van der Waals surface area contributed by atoms with E-state index >= 15 is 0 Å². The van der Waals surface area contributed by atoms with Crippen molar-refractivity contribution < 1.29 is 4.52 Å². The molecule has 0 amide bonds. The third kappa shape index (κ3) is 8.47. The molecule has 2 atom stereocenters. The highest BCUT2D eigenvalue weighted by Gasteiger charge is 2.27. The van der Waals surface area contributed by atoms with E-state index in [0.717, 1.165) is 51.4 Å². The molecule has 0 unspecified atom stereocenters. The van der Waals surface area contributed by atoms with Crippen molar-refractivity contribution in [3.05, 3.63) is 106 Å². The Morgan fingerprint density at radius 3 is 1.85 bits per heavy atom. The largest absolute Gasteiger partial charge is 0.339 e. The predicted octanol–water partition coefficient (Wildman–Crippen LogP) is 2.34. The van der Waals surface area contributed by atoms with Crippen LogP contribution < -0.4 is 26.2 Å². The lowest BCUT2D eigenvalue weighted by molar-refractivity contribution is 0.219. The fourth-order valence-corrected chi connectivity index (χ4v) is 6.76. The lowest BCUT2D eigenvalue weighted by Crippen LogP contribution is -2.53. The van der Waals surface area contributed by atoms with Crippen LogP contribution >= 0.6 is 0 Å². The summed E-state index contributed by atoms with van der Waals surface area (Å²) < 4.78 is 8.27. The number of anilines is 2. The molecule has 8 rings (SSSR count). The van der Waals surface area contributed by atoms with E-state index in [9.17, 15) is 9.59 Å².